The van der Waals surface area contributed by atoms with Crippen LogP contribution in [0.25, 0.3) is 0 Å². The van der Waals surface area contributed by atoms with Gasteiger partial charge in [0, 0.05) is 5.56 Å². The molecule has 0 aliphatic rings. The Balaban J connectivity index is 3.00. The Labute approximate surface area is 88.1 Å². The second kappa shape index (κ2) is 4.64. The van der Waals surface area contributed by atoms with E-state index in [4.69, 9.17) is 0 Å². The number of rotatable bonds is 4. The Morgan fingerprint density at radius 3 is 2.40 bits per heavy atom. The van der Waals surface area contributed by atoms with Gasteiger partial charge in [0.05, 0.1) is 5.92 Å². The van der Waals surface area contributed by atoms with Crippen LogP contribution in [0.2, 0.25) is 0 Å². The summed E-state index contributed by atoms with van der Waals surface area (Å²) in [6.07, 6.45) is 0.195. The average molecular weight is 204 g/mol. The van der Waals surface area contributed by atoms with Crippen LogP contribution in [0.1, 0.15) is 22.8 Å². The van der Waals surface area contributed by atoms with E-state index >= 15 is 0 Å². The predicted octanol–water partition coefficient (Wildman–Crippen LogP) is 1.58. The van der Waals surface area contributed by atoms with Gasteiger partial charge < -0.3 is 0 Å². The van der Waals surface area contributed by atoms with Crippen molar-refractivity contribution in [3.05, 3.63) is 35.4 Å². The third-order valence-electron chi connectivity index (χ3n) is 2.35. The number of aldehydes is 1. The third kappa shape index (κ3) is 2.37. The molecule has 1 aromatic rings. The van der Waals surface area contributed by atoms with Crippen molar-refractivity contribution in [2.24, 2.45) is 5.92 Å². The first kappa shape index (κ1) is 11.3. The maximum atomic E-state index is 11.8. The Hall–Kier alpha value is -1.77. The lowest BCUT2D eigenvalue weighted by atomic mass is 9.93. The molecule has 0 spiro atoms. The Kier molecular flexibility index (Phi) is 3.50. The fourth-order valence-corrected chi connectivity index (χ4v) is 1.31. The van der Waals surface area contributed by atoms with Gasteiger partial charge >= 0.3 is 0 Å². The smallest absolute Gasteiger partial charge is 0.205 e. The monoisotopic (exact) mass is 204 g/mol. The molecular weight excluding hydrogens is 192 g/mol. The SMILES string of the molecule is Cc1ccccc1C(=O)C(C)C(=O)C=O. The molecule has 0 bridgehead atoms. The van der Waals surface area contributed by atoms with E-state index in [0.29, 0.717) is 5.56 Å². The van der Waals surface area contributed by atoms with Gasteiger partial charge in [0.1, 0.15) is 0 Å². The standard InChI is InChI=1S/C12H12O3/c1-8-5-3-4-6-10(8)12(15)9(2)11(14)7-13/h3-7,9H,1-2H3. The minimum absolute atomic E-state index is 0.195. The highest BCUT2D eigenvalue weighted by atomic mass is 16.2. The zero-order valence-corrected chi connectivity index (χ0v) is 8.69. The van der Waals surface area contributed by atoms with E-state index in [1.807, 2.05) is 6.07 Å². The number of hydrogen-bond acceptors (Lipinski definition) is 3. The van der Waals surface area contributed by atoms with Crippen molar-refractivity contribution in [2.45, 2.75) is 13.8 Å². The van der Waals surface area contributed by atoms with Crippen LogP contribution in [-0.2, 0) is 9.59 Å². The van der Waals surface area contributed by atoms with Gasteiger partial charge in [0.15, 0.2) is 12.1 Å². The molecule has 0 aliphatic heterocycles. The van der Waals surface area contributed by atoms with Gasteiger partial charge in [0.2, 0.25) is 5.78 Å². The van der Waals surface area contributed by atoms with Crippen molar-refractivity contribution in [1.82, 2.24) is 0 Å². The zero-order chi connectivity index (χ0) is 11.4. The van der Waals surface area contributed by atoms with Gasteiger partial charge in [0.25, 0.3) is 0 Å². The van der Waals surface area contributed by atoms with Crippen LogP contribution in [0.4, 0.5) is 0 Å². The fraction of sp³-hybridized carbons (Fsp3) is 0.250. The van der Waals surface area contributed by atoms with Crippen LogP contribution in [0.15, 0.2) is 24.3 Å². The van der Waals surface area contributed by atoms with Crippen LogP contribution in [-0.4, -0.2) is 17.9 Å². The van der Waals surface area contributed by atoms with Crippen LogP contribution in [0.5, 0.6) is 0 Å². The molecule has 0 aliphatic carbocycles. The van der Waals surface area contributed by atoms with E-state index in [1.54, 1.807) is 25.1 Å². The topological polar surface area (TPSA) is 51.2 Å². The lowest BCUT2D eigenvalue weighted by Crippen LogP contribution is -2.22. The van der Waals surface area contributed by atoms with Crippen LogP contribution >= 0.6 is 0 Å². The van der Waals surface area contributed by atoms with Crippen LogP contribution in [0, 0.1) is 12.8 Å². The summed E-state index contributed by atoms with van der Waals surface area (Å²) in [5.74, 6) is -1.86. The Morgan fingerprint density at radius 2 is 1.87 bits per heavy atom. The quantitative estimate of drug-likeness (QED) is 0.324. The van der Waals surface area contributed by atoms with Crippen molar-refractivity contribution in [3.8, 4) is 0 Å². The summed E-state index contributed by atoms with van der Waals surface area (Å²) in [6, 6.07) is 7.01. The molecule has 1 rings (SSSR count). The normalized spacial score (nSPS) is 11.9. The molecule has 0 N–H and O–H groups in total. The molecule has 3 nitrogen and oxygen atoms in total. The molecule has 1 aromatic carbocycles. The summed E-state index contributed by atoms with van der Waals surface area (Å²) >= 11 is 0. The van der Waals surface area contributed by atoms with Gasteiger partial charge in [-0.2, -0.15) is 0 Å². The van der Waals surface area contributed by atoms with Gasteiger partial charge in [-0.1, -0.05) is 24.3 Å². The number of carbonyl (C=O) groups excluding carboxylic acids is 3. The lowest BCUT2D eigenvalue weighted by Gasteiger charge is -2.07. The first-order chi connectivity index (χ1) is 7.07. The van der Waals surface area contributed by atoms with E-state index in [0.717, 1.165) is 5.56 Å². The molecule has 0 saturated heterocycles. The van der Waals surface area contributed by atoms with Crippen molar-refractivity contribution in [3.63, 3.8) is 0 Å². The van der Waals surface area contributed by atoms with E-state index < -0.39 is 11.7 Å². The number of Topliss-reactive ketones (excluding diaryl/α,β-unsaturated/α-hetero) is 2. The molecule has 0 aromatic heterocycles. The highest BCUT2D eigenvalue weighted by Crippen LogP contribution is 2.13. The van der Waals surface area contributed by atoms with Gasteiger partial charge in [-0.15, -0.1) is 0 Å². The number of aryl methyl sites for hydroxylation is 1. The van der Waals surface area contributed by atoms with E-state index in [1.165, 1.54) is 6.92 Å². The second-order valence-electron chi connectivity index (χ2n) is 3.42. The number of hydrogen-bond donors (Lipinski definition) is 0. The summed E-state index contributed by atoms with van der Waals surface area (Å²) in [4.78, 5) is 33.1. The summed E-state index contributed by atoms with van der Waals surface area (Å²) in [5, 5.41) is 0. The maximum Gasteiger partial charge on any atom is 0.205 e. The zero-order valence-electron chi connectivity index (χ0n) is 8.69. The van der Waals surface area contributed by atoms with E-state index in [-0.39, 0.29) is 12.1 Å². The molecular formula is C12H12O3. The largest absolute Gasteiger partial charge is 0.295 e. The number of ketones is 2. The first-order valence-corrected chi connectivity index (χ1v) is 4.66. The molecule has 1 atom stereocenters. The van der Waals surface area contributed by atoms with Crippen LogP contribution < -0.4 is 0 Å². The Bertz CT molecular complexity index is 407. The number of benzene rings is 1. The summed E-state index contributed by atoms with van der Waals surface area (Å²) in [5.41, 5.74) is 1.31. The third-order valence-corrected chi connectivity index (χ3v) is 2.35. The van der Waals surface area contributed by atoms with E-state index in [9.17, 15) is 14.4 Å². The molecule has 0 saturated carbocycles. The van der Waals surface area contributed by atoms with Gasteiger partial charge in [-0.3, -0.25) is 14.4 Å². The minimum atomic E-state index is -0.886. The fourth-order valence-electron chi connectivity index (χ4n) is 1.31. The molecule has 0 heterocycles. The highest BCUT2D eigenvalue weighted by molar-refractivity contribution is 6.32. The number of carbonyl (C=O) groups is 3. The summed E-state index contributed by atoms with van der Waals surface area (Å²) in [7, 11) is 0. The minimum Gasteiger partial charge on any atom is -0.295 e. The molecule has 0 amide bonds. The summed E-state index contributed by atoms with van der Waals surface area (Å²) < 4.78 is 0. The van der Waals surface area contributed by atoms with Crippen molar-refractivity contribution < 1.29 is 14.4 Å². The predicted molar refractivity (Wildman–Crippen MR) is 55.7 cm³/mol. The van der Waals surface area contributed by atoms with Crippen molar-refractivity contribution in [2.75, 3.05) is 0 Å². The molecule has 0 radical (unpaired) electrons. The molecule has 15 heavy (non-hydrogen) atoms. The van der Waals surface area contributed by atoms with Gasteiger partial charge in [-0.05, 0) is 19.4 Å². The molecule has 1 unspecified atom stereocenters. The molecule has 3 heteroatoms. The average Bonchev–Trinajstić information content (AvgIpc) is 2.26. The molecule has 78 valence electrons. The van der Waals surface area contributed by atoms with Crippen molar-refractivity contribution >= 4 is 17.9 Å². The van der Waals surface area contributed by atoms with Gasteiger partial charge in [-0.25, -0.2) is 0 Å². The summed E-state index contributed by atoms with van der Waals surface area (Å²) in [6.45, 7) is 3.25. The first-order valence-electron chi connectivity index (χ1n) is 4.66. The molecule has 0 fully saturated rings. The Morgan fingerprint density at radius 1 is 1.27 bits per heavy atom. The van der Waals surface area contributed by atoms with Crippen LogP contribution in [0.3, 0.4) is 0 Å². The lowest BCUT2D eigenvalue weighted by molar-refractivity contribution is -0.131. The van der Waals surface area contributed by atoms with Crippen molar-refractivity contribution in [1.29, 1.82) is 0 Å². The maximum absolute atomic E-state index is 11.8. The second-order valence-corrected chi connectivity index (χ2v) is 3.42. The highest BCUT2D eigenvalue weighted by Gasteiger charge is 2.22. The van der Waals surface area contributed by atoms with E-state index in [2.05, 4.69) is 0 Å².